The molecule has 0 aromatic carbocycles. The van der Waals surface area contributed by atoms with E-state index in [1.54, 1.807) is 0 Å². The summed E-state index contributed by atoms with van der Waals surface area (Å²) in [5.74, 6) is 2.83. The van der Waals surface area contributed by atoms with Gasteiger partial charge in [-0.3, -0.25) is 9.59 Å². The minimum atomic E-state index is -0.0720. The van der Waals surface area contributed by atoms with Crippen LogP contribution in [0, 0.1) is 34.5 Å². The Bertz CT molecular complexity index is 662. The SMILES string of the molecule is CC(CO)CC1=C2CC[C@@H]3[C@@H](CC[C@]4(C)C(=O)CC[C@@H]34)[C@@]2(C)CCC1=O. The van der Waals surface area contributed by atoms with Crippen molar-refractivity contribution in [1.82, 2.24) is 0 Å². The van der Waals surface area contributed by atoms with Crippen LogP contribution in [0.15, 0.2) is 11.1 Å². The Kier molecular flexibility index (Phi) is 4.45. The van der Waals surface area contributed by atoms with Gasteiger partial charge in [-0.1, -0.05) is 26.3 Å². The van der Waals surface area contributed by atoms with Crippen molar-refractivity contribution in [3.63, 3.8) is 0 Å². The number of Topliss-reactive ketones (excluding diaryl/α,β-unsaturated/α-hetero) is 2. The molecule has 3 fully saturated rings. The van der Waals surface area contributed by atoms with E-state index in [-0.39, 0.29) is 23.4 Å². The quantitative estimate of drug-likeness (QED) is 0.809. The molecule has 1 N–H and O–H groups in total. The van der Waals surface area contributed by atoms with Crippen molar-refractivity contribution in [3.8, 4) is 0 Å². The number of carbonyl (C=O) groups is 2. The van der Waals surface area contributed by atoms with Gasteiger partial charge in [-0.25, -0.2) is 0 Å². The van der Waals surface area contributed by atoms with E-state index in [1.807, 2.05) is 6.92 Å². The first kappa shape index (κ1) is 18.4. The summed E-state index contributed by atoms with van der Waals surface area (Å²) in [7, 11) is 0. The number of aliphatic hydroxyl groups excluding tert-OH is 1. The molecule has 4 rings (SSSR count). The Hall–Kier alpha value is -0.960. The average molecular weight is 359 g/mol. The number of hydrogen-bond donors (Lipinski definition) is 1. The Morgan fingerprint density at radius 1 is 1.00 bits per heavy atom. The van der Waals surface area contributed by atoms with Crippen molar-refractivity contribution in [1.29, 1.82) is 0 Å². The summed E-state index contributed by atoms with van der Waals surface area (Å²) >= 11 is 0. The number of ketones is 2. The second kappa shape index (κ2) is 6.29. The molecule has 0 aliphatic heterocycles. The largest absolute Gasteiger partial charge is 0.396 e. The Morgan fingerprint density at radius 2 is 1.73 bits per heavy atom. The Labute approximate surface area is 157 Å². The predicted molar refractivity (Wildman–Crippen MR) is 102 cm³/mol. The minimum Gasteiger partial charge on any atom is -0.396 e. The fourth-order valence-corrected chi connectivity index (χ4v) is 7.25. The van der Waals surface area contributed by atoms with E-state index in [0.29, 0.717) is 35.7 Å². The number of allylic oxidation sites excluding steroid dienone is 1. The van der Waals surface area contributed by atoms with Crippen molar-refractivity contribution < 1.29 is 14.7 Å². The van der Waals surface area contributed by atoms with Gasteiger partial charge >= 0.3 is 0 Å². The van der Waals surface area contributed by atoms with Crippen LogP contribution in [0.2, 0.25) is 0 Å². The average Bonchev–Trinajstić information content (AvgIpc) is 2.93. The molecule has 3 nitrogen and oxygen atoms in total. The highest BCUT2D eigenvalue weighted by molar-refractivity contribution is 5.97. The molecule has 0 heterocycles. The first-order valence-electron chi connectivity index (χ1n) is 10.7. The maximum absolute atomic E-state index is 12.7. The molecule has 6 atom stereocenters. The molecule has 3 saturated carbocycles. The molecule has 0 radical (unpaired) electrons. The Morgan fingerprint density at radius 3 is 2.46 bits per heavy atom. The highest BCUT2D eigenvalue weighted by Gasteiger charge is 2.59. The molecule has 4 aliphatic rings. The van der Waals surface area contributed by atoms with Gasteiger partial charge in [-0.05, 0) is 79.6 Å². The summed E-state index contributed by atoms with van der Waals surface area (Å²) in [6.45, 7) is 6.83. The van der Waals surface area contributed by atoms with Gasteiger partial charge in [0.2, 0.25) is 0 Å². The molecule has 144 valence electrons. The number of aliphatic hydroxyl groups is 1. The van der Waals surface area contributed by atoms with Gasteiger partial charge in [0.1, 0.15) is 5.78 Å². The second-order valence-corrected chi connectivity index (χ2v) is 10.1. The first-order valence-corrected chi connectivity index (χ1v) is 10.7. The molecule has 0 aromatic heterocycles. The first-order chi connectivity index (χ1) is 12.3. The molecular weight excluding hydrogens is 324 g/mol. The highest BCUT2D eigenvalue weighted by Crippen LogP contribution is 2.65. The lowest BCUT2D eigenvalue weighted by molar-refractivity contribution is -0.132. The van der Waals surface area contributed by atoms with E-state index < -0.39 is 0 Å². The Balaban J connectivity index is 1.69. The van der Waals surface area contributed by atoms with E-state index in [4.69, 9.17) is 0 Å². The summed E-state index contributed by atoms with van der Waals surface area (Å²) in [6, 6.07) is 0. The summed E-state index contributed by atoms with van der Waals surface area (Å²) in [5.41, 5.74) is 2.53. The number of rotatable bonds is 3. The number of hydrogen-bond acceptors (Lipinski definition) is 3. The van der Waals surface area contributed by atoms with E-state index in [1.165, 1.54) is 5.57 Å². The minimum absolute atomic E-state index is 0.0720. The zero-order chi connectivity index (χ0) is 18.7. The van der Waals surface area contributed by atoms with Gasteiger partial charge in [-0.2, -0.15) is 0 Å². The molecule has 4 aliphatic carbocycles. The molecule has 0 aromatic rings. The van der Waals surface area contributed by atoms with Gasteiger partial charge in [0.05, 0.1) is 0 Å². The predicted octanol–water partition coefficient (Wildman–Crippen LogP) is 4.48. The zero-order valence-electron chi connectivity index (χ0n) is 16.6. The van der Waals surface area contributed by atoms with Crippen molar-refractivity contribution >= 4 is 11.6 Å². The lowest BCUT2D eigenvalue weighted by Gasteiger charge is -2.57. The second-order valence-electron chi connectivity index (χ2n) is 10.1. The standard InChI is InChI=1S/C23H34O3/c1-14(13-24)12-16-18-5-4-15-17-6-7-21(26)23(17,3)10-8-19(15)22(18,2)11-9-20(16)25/h14-15,17,19,24H,4-13H2,1-3H3/t14?,15-,17-,19+,22-,23-/m0/s1. The molecule has 0 amide bonds. The van der Waals surface area contributed by atoms with Crippen LogP contribution in [0.3, 0.4) is 0 Å². The van der Waals surface area contributed by atoms with Gasteiger partial charge < -0.3 is 5.11 Å². The van der Waals surface area contributed by atoms with Crippen LogP contribution in [-0.2, 0) is 9.59 Å². The van der Waals surface area contributed by atoms with Crippen LogP contribution < -0.4 is 0 Å². The maximum Gasteiger partial charge on any atom is 0.158 e. The fraction of sp³-hybridized carbons (Fsp3) is 0.826. The van der Waals surface area contributed by atoms with Crippen molar-refractivity contribution in [3.05, 3.63) is 11.1 Å². The van der Waals surface area contributed by atoms with E-state index in [9.17, 15) is 14.7 Å². The zero-order valence-corrected chi connectivity index (χ0v) is 16.6. The molecule has 3 heteroatoms. The van der Waals surface area contributed by atoms with Crippen LogP contribution in [0.4, 0.5) is 0 Å². The highest BCUT2D eigenvalue weighted by atomic mass is 16.3. The normalized spacial score (nSPS) is 43.8. The molecule has 26 heavy (non-hydrogen) atoms. The van der Waals surface area contributed by atoms with E-state index in [0.717, 1.165) is 56.9 Å². The number of carbonyl (C=O) groups excluding carboxylic acids is 2. The molecule has 0 spiro atoms. The summed E-state index contributed by atoms with van der Waals surface area (Å²) < 4.78 is 0. The third kappa shape index (κ3) is 2.49. The lowest BCUT2D eigenvalue weighted by Crippen LogP contribution is -2.51. The maximum atomic E-state index is 12.7. The number of fused-ring (bicyclic) bond motifs is 5. The van der Waals surface area contributed by atoms with Crippen LogP contribution in [-0.4, -0.2) is 23.3 Å². The summed E-state index contributed by atoms with van der Waals surface area (Å²) in [5, 5.41) is 9.49. The van der Waals surface area contributed by atoms with Crippen LogP contribution >= 0.6 is 0 Å². The third-order valence-corrected chi connectivity index (χ3v) is 8.82. The van der Waals surface area contributed by atoms with Crippen molar-refractivity contribution in [2.24, 2.45) is 34.5 Å². The van der Waals surface area contributed by atoms with Gasteiger partial charge in [0, 0.05) is 24.9 Å². The van der Waals surface area contributed by atoms with Crippen LogP contribution in [0.25, 0.3) is 0 Å². The van der Waals surface area contributed by atoms with E-state index >= 15 is 0 Å². The van der Waals surface area contributed by atoms with E-state index in [2.05, 4.69) is 13.8 Å². The molecule has 0 saturated heterocycles. The van der Waals surface area contributed by atoms with Gasteiger partial charge in [0.25, 0.3) is 0 Å². The molecular formula is C23H34O3. The molecule has 0 bridgehead atoms. The molecule has 1 unspecified atom stereocenters. The topological polar surface area (TPSA) is 54.4 Å². The summed E-state index contributed by atoms with van der Waals surface area (Å²) in [6.07, 6.45) is 8.59. The lowest BCUT2D eigenvalue weighted by atomic mass is 9.46. The smallest absolute Gasteiger partial charge is 0.158 e. The summed E-state index contributed by atoms with van der Waals surface area (Å²) in [4.78, 5) is 25.2. The third-order valence-electron chi connectivity index (χ3n) is 8.82. The van der Waals surface area contributed by atoms with Gasteiger partial charge in [0.15, 0.2) is 5.78 Å². The van der Waals surface area contributed by atoms with Crippen molar-refractivity contribution in [2.45, 2.75) is 78.6 Å². The monoisotopic (exact) mass is 358 g/mol. The van der Waals surface area contributed by atoms with Crippen molar-refractivity contribution in [2.75, 3.05) is 6.61 Å². The van der Waals surface area contributed by atoms with Crippen LogP contribution in [0.5, 0.6) is 0 Å². The fourth-order valence-electron chi connectivity index (χ4n) is 7.25. The van der Waals surface area contributed by atoms with Crippen LogP contribution in [0.1, 0.15) is 78.6 Å². The van der Waals surface area contributed by atoms with Gasteiger partial charge in [-0.15, -0.1) is 0 Å².